The van der Waals surface area contributed by atoms with E-state index in [1.165, 1.54) is 62.4 Å². The second kappa shape index (κ2) is 6.23. The lowest BCUT2D eigenvalue weighted by molar-refractivity contribution is -0.114. The lowest BCUT2D eigenvalue weighted by Crippen LogP contribution is -2.52. The van der Waals surface area contributed by atoms with E-state index >= 15 is 0 Å². The number of hydrogen-bond acceptors (Lipinski definition) is 3. The fourth-order valence-corrected chi connectivity index (χ4v) is 7.25. The molecular formula is C23H31N3. The van der Waals surface area contributed by atoms with Gasteiger partial charge in [-0.25, -0.2) is 0 Å². The molecule has 2 aromatic rings. The average molecular weight is 350 g/mol. The highest BCUT2D eigenvalue weighted by Gasteiger charge is 2.56. The van der Waals surface area contributed by atoms with Gasteiger partial charge in [0, 0.05) is 23.8 Å². The number of benzene rings is 1. The zero-order valence-corrected chi connectivity index (χ0v) is 15.7. The molecule has 138 valence electrons. The molecule has 2 unspecified atom stereocenters. The zero-order valence-electron chi connectivity index (χ0n) is 15.7. The van der Waals surface area contributed by atoms with E-state index in [0.717, 1.165) is 30.4 Å². The minimum Gasteiger partial charge on any atom is -0.384 e. The smallest absolute Gasteiger partial charge is 0.0722 e. The van der Waals surface area contributed by atoms with Gasteiger partial charge in [-0.3, -0.25) is 4.98 Å². The van der Waals surface area contributed by atoms with Crippen LogP contribution in [0.1, 0.15) is 51.4 Å². The summed E-state index contributed by atoms with van der Waals surface area (Å²) >= 11 is 0. The van der Waals surface area contributed by atoms with Gasteiger partial charge in [0.25, 0.3) is 0 Å². The standard InChI is InChI=1S/C23H31N3/c24-8-6-22-12-17-11-18(13-22)15-23(14-17,16-22)7-10-26-21-5-9-25-20-4-2-1-3-19(20)21/h1-5,9,17-18H,6-8,10-16,24H2,(H,25,26). The highest BCUT2D eigenvalue weighted by molar-refractivity contribution is 5.90. The summed E-state index contributed by atoms with van der Waals surface area (Å²) in [5.41, 5.74) is 9.48. The summed E-state index contributed by atoms with van der Waals surface area (Å²) in [5, 5.41) is 4.98. The van der Waals surface area contributed by atoms with Crippen LogP contribution in [-0.2, 0) is 0 Å². The SMILES string of the molecule is NCCC12CC3CC(C1)CC(CCNc1ccnc4ccccc14)(C3)C2. The minimum absolute atomic E-state index is 0.578. The Kier molecular flexibility index (Phi) is 3.97. The Labute approximate surface area is 156 Å². The number of rotatable bonds is 6. The van der Waals surface area contributed by atoms with Crippen molar-refractivity contribution >= 4 is 16.6 Å². The van der Waals surface area contributed by atoms with E-state index in [9.17, 15) is 0 Å². The van der Waals surface area contributed by atoms with Gasteiger partial charge in [-0.05, 0) is 92.7 Å². The number of anilines is 1. The van der Waals surface area contributed by atoms with E-state index < -0.39 is 0 Å². The number of hydrogen-bond donors (Lipinski definition) is 2. The Bertz CT molecular complexity index is 780. The van der Waals surface area contributed by atoms with Gasteiger partial charge in [-0.1, -0.05) is 18.2 Å². The van der Waals surface area contributed by atoms with E-state index in [1.807, 2.05) is 6.20 Å². The monoisotopic (exact) mass is 349 g/mol. The molecule has 2 atom stereocenters. The third-order valence-electron chi connectivity index (χ3n) is 7.60. The second-order valence-corrected chi connectivity index (χ2v) is 9.55. The molecule has 0 saturated heterocycles. The molecular weight excluding hydrogens is 318 g/mol. The van der Waals surface area contributed by atoms with Crippen molar-refractivity contribution in [2.24, 2.45) is 28.4 Å². The van der Waals surface area contributed by atoms with Crippen LogP contribution in [0, 0.1) is 22.7 Å². The quantitative estimate of drug-likeness (QED) is 0.774. The van der Waals surface area contributed by atoms with Crippen molar-refractivity contribution in [3.05, 3.63) is 36.5 Å². The largest absolute Gasteiger partial charge is 0.384 e. The van der Waals surface area contributed by atoms with Gasteiger partial charge in [-0.15, -0.1) is 0 Å². The van der Waals surface area contributed by atoms with Crippen molar-refractivity contribution in [1.29, 1.82) is 0 Å². The lowest BCUT2D eigenvalue weighted by atomic mass is 9.43. The first-order valence-corrected chi connectivity index (χ1v) is 10.5. The van der Waals surface area contributed by atoms with Crippen LogP contribution in [0.25, 0.3) is 10.9 Å². The first-order chi connectivity index (χ1) is 12.7. The number of pyridine rings is 1. The summed E-state index contributed by atoms with van der Waals surface area (Å²) in [6.45, 7) is 1.95. The molecule has 3 nitrogen and oxygen atoms in total. The molecule has 4 aliphatic rings. The molecule has 4 bridgehead atoms. The van der Waals surface area contributed by atoms with Crippen LogP contribution in [0.2, 0.25) is 0 Å². The zero-order chi connectivity index (χ0) is 17.6. The van der Waals surface area contributed by atoms with Crippen LogP contribution in [0.4, 0.5) is 5.69 Å². The maximum Gasteiger partial charge on any atom is 0.0722 e. The summed E-state index contributed by atoms with van der Waals surface area (Å²) in [6, 6.07) is 10.6. The highest BCUT2D eigenvalue weighted by atomic mass is 14.9. The number of nitrogens with two attached hydrogens (primary N) is 1. The molecule has 1 aromatic heterocycles. The van der Waals surface area contributed by atoms with Gasteiger partial charge in [0.15, 0.2) is 0 Å². The third-order valence-corrected chi connectivity index (χ3v) is 7.60. The van der Waals surface area contributed by atoms with Crippen molar-refractivity contribution in [2.75, 3.05) is 18.4 Å². The normalized spacial score (nSPS) is 35.1. The molecule has 3 N–H and O–H groups in total. The molecule has 6 rings (SSSR count). The van der Waals surface area contributed by atoms with Crippen molar-refractivity contribution in [3.8, 4) is 0 Å². The molecule has 0 amide bonds. The predicted molar refractivity (Wildman–Crippen MR) is 108 cm³/mol. The van der Waals surface area contributed by atoms with Crippen LogP contribution >= 0.6 is 0 Å². The number of para-hydroxylation sites is 1. The van der Waals surface area contributed by atoms with Gasteiger partial charge in [0.05, 0.1) is 5.52 Å². The van der Waals surface area contributed by atoms with Crippen LogP contribution < -0.4 is 11.1 Å². The summed E-state index contributed by atoms with van der Waals surface area (Å²) in [5.74, 6) is 1.95. The summed E-state index contributed by atoms with van der Waals surface area (Å²) < 4.78 is 0. The average Bonchev–Trinajstić information content (AvgIpc) is 2.60. The summed E-state index contributed by atoms with van der Waals surface area (Å²) in [7, 11) is 0. The molecule has 1 aromatic carbocycles. The molecule has 4 saturated carbocycles. The Hall–Kier alpha value is -1.61. The Morgan fingerprint density at radius 3 is 2.50 bits per heavy atom. The topological polar surface area (TPSA) is 50.9 Å². The lowest BCUT2D eigenvalue weighted by Gasteiger charge is -2.62. The highest BCUT2D eigenvalue weighted by Crippen LogP contribution is 2.67. The predicted octanol–water partition coefficient (Wildman–Crippen LogP) is 4.97. The van der Waals surface area contributed by atoms with Crippen molar-refractivity contribution in [2.45, 2.75) is 51.4 Å². The van der Waals surface area contributed by atoms with Gasteiger partial charge in [0.1, 0.15) is 0 Å². The molecule has 0 radical (unpaired) electrons. The van der Waals surface area contributed by atoms with E-state index in [1.54, 1.807) is 0 Å². The fourth-order valence-electron chi connectivity index (χ4n) is 7.25. The number of nitrogens with zero attached hydrogens (tertiary/aromatic N) is 1. The van der Waals surface area contributed by atoms with Crippen molar-refractivity contribution in [3.63, 3.8) is 0 Å². The Morgan fingerprint density at radius 1 is 1.00 bits per heavy atom. The van der Waals surface area contributed by atoms with Gasteiger partial charge in [-0.2, -0.15) is 0 Å². The Balaban J connectivity index is 1.31. The van der Waals surface area contributed by atoms with Crippen LogP contribution in [0.3, 0.4) is 0 Å². The molecule has 0 spiro atoms. The number of aromatic nitrogens is 1. The van der Waals surface area contributed by atoms with Gasteiger partial charge in [0.2, 0.25) is 0 Å². The summed E-state index contributed by atoms with van der Waals surface area (Å²) in [6.07, 6.45) is 13.3. The first kappa shape index (κ1) is 16.6. The summed E-state index contributed by atoms with van der Waals surface area (Å²) in [4.78, 5) is 4.48. The van der Waals surface area contributed by atoms with E-state index in [4.69, 9.17) is 5.73 Å². The molecule has 4 fully saturated rings. The van der Waals surface area contributed by atoms with Gasteiger partial charge < -0.3 is 11.1 Å². The number of nitrogens with one attached hydrogen (secondary N) is 1. The molecule has 26 heavy (non-hydrogen) atoms. The molecule has 0 aliphatic heterocycles. The molecule has 4 aliphatic carbocycles. The van der Waals surface area contributed by atoms with Crippen molar-refractivity contribution in [1.82, 2.24) is 4.98 Å². The van der Waals surface area contributed by atoms with E-state index in [-0.39, 0.29) is 0 Å². The third kappa shape index (κ3) is 2.81. The molecule has 3 heteroatoms. The van der Waals surface area contributed by atoms with Crippen LogP contribution in [0.15, 0.2) is 36.5 Å². The maximum absolute atomic E-state index is 6.00. The van der Waals surface area contributed by atoms with Crippen LogP contribution in [0.5, 0.6) is 0 Å². The molecule has 1 heterocycles. The van der Waals surface area contributed by atoms with Gasteiger partial charge >= 0.3 is 0 Å². The minimum atomic E-state index is 0.578. The van der Waals surface area contributed by atoms with Crippen LogP contribution in [-0.4, -0.2) is 18.1 Å². The fraction of sp³-hybridized carbons (Fsp3) is 0.609. The van der Waals surface area contributed by atoms with E-state index in [2.05, 4.69) is 40.6 Å². The van der Waals surface area contributed by atoms with Crippen molar-refractivity contribution < 1.29 is 0 Å². The first-order valence-electron chi connectivity index (χ1n) is 10.5. The maximum atomic E-state index is 6.00. The second-order valence-electron chi connectivity index (χ2n) is 9.55. The number of fused-ring (bicyclic) bond motifs is 1. The van der Waals surface area contributed by atoms with E-state index in [0.29, 0.717) is 10.8 Å². The Morgan fingerprint density at radius 2 is 1.73 bits per heavy atom.